The fraction of sp³-hybridized carbons (Fsp3) is 0.250. The first-order chi connectivity index (χ1) is 7.09. The van der Waals surface area contributed by atoms with Crippen molar-refractivity contribution in [3.05, 3.63) is 29.3 Å². The van der Waals surface area contributed by atoms with Gasteiger partial charge in [0.05, 0.1) is 6.54 Å². The molecule has 0 spiro atoms. The van der Waals surface area contributed by atoms with Gasteiger partial charge in [-0.3, -0.25) is 4.79 Å². The maximum atomic E-state index is 10.6. The highest BCUT2D eigenvalue weighted by atomic mass is 16.1. The number of nitrogens with two attached hydrogens (primary N) is 1. The zero-order chi connectivity index (χ0) is 11.3. The van der Waals surface area contributed by atoms with Crippen LogP contribution in [0.2, 0.25) is 0 Å². The molecule has 1 amide bonds. The van der Waals surface area contributed by atoms with E-state index in [4.69, 9.17) is 5.73 Å². The van der Waals surface area contributed by atoms with Crippen LogP contribution in [0.5, 0.6) is 0 Å². The first-order valence-electron chi connectivity index (χ1n) is 4.69. The Morgan fingerprint density at radius 1 is 1.53 bits per heavy atom. The minimum Gasteiger partial charge on any atom is -0.399 e. The molecule has 0 aliphatic rings. The van der Waals surface area contributed by atoms with Crippen LogP contribution >= 0.6 is 0 Å². The molecule has 0 aliphatic carbocycles. The van der Waals surface area contributed by atoms with Crippen molar-refractivity contribution < 1.29 is 4.79 Å². The quantitative estimate of drug-likeness (QED) is 0.528. The fourth-order valence-electron chi connectivity index (χ4n) is 1.07. The zero-order valence-corrected chi connectivity index (χ0v) is 8.92. The third kappa shape index (κ3) is 3.74. The van der Waals surface area contributed by atoms with Crippen molar-refractivity contribution in [1.29, 1.82) is 0 Å². The van der Waals surface area contributed by atoms with E-state index < -0.39 is 0 Å². The first-order valence-corrected chi connectivity index (χ1v) is 4.69. The second-order valence-corrected chi connectivity index (χ2v) is 3.28. The second kappa shape index (κ2) is 5.06. The molecule has 3 heteroatoms. The molecule has 78 valence electrons. The molecule has 0 aromatic heterocycles. The molecule has 1 rings (SSSR count). The van der Waals surface area contributed by atoms with Crippen molar-refractivity contribution in [3.63, 3.8) is 0 Å². The van der Waals surface area contributed by atoms with Crippen LogP contribution in [0.15, 0.2) is 18.2 Å². The number of rotatable bonds is 1. The maximum Gasteiger partial charge on any atom is 0.217 e. The normalized spacial score (nSPS) is 8.93. The second-order valence-electron chi connectivity index (χ2n) is 3.28. The molecule has 0 unspecified atom stereocenters. The SMILES string of the molecule is CC(=O)NCC#Cc1ccc(N)c(C)c1. The average molecular weight is 202 g/mol. The number of nitrogens with one attached hydrogen (secondary N) is 1. The van der Waals surface area contributed by atoms with Crippen LogP contribution in [0.25, 0.3) is 0 Å². The molecule has 1 aromatic carbocycles. The van der Waals surface area contributed by atoms with Gasteiger partial charge >= 0.3 is 0 Å². The van der Waals surface area contributed by atoms with Crippen molar-refractivity contribution in [2.75, 3.05) is 12.3 Å². The lowest BCUT2D eigenvalue weighted by molar-refractivity contribution is -0.118. The monoisotopic (exact) mass is 202 g/mol. The van der Waals surface area contributed by atoms with Gasteiger partial charge in [0.15, 0.2) is 0 Å². The highest BCUT2D eigenvalue weighted by molar-refractivity contribution is 5.73. The smallest absolute Gasteiger partial charge is 0.217 e. The molecule has 15 heavy (non-hydrogen) atoms. The van der Waals surface area contributed by atoms with E-state index in [1.54, 1.807) is 0 Å². The number of carbonyl (C=O) groups is 1. The maximum absolute atomic E-state index is 10.6. The molecule has 0 radical (unpaired) electrons. The number of nitrogen functional groups attached to an aromatic ring is 1. The van der Waals surface area contributed by atoms with Crippen molar-refractivity contribution in [3.8, 4) is 11.8 Å². The van der Waals surface area contributed by atoms with Gasteiger partial charge in [-0.05, 0) is 30.7 Å². The van der Waals surface area contributed by atoms with E-state index in [1.807, 2.05) is 25.1 Å². The topological polar surface area (TPSA) is 55.1 Å². The van der Waals surface area contributed by atoms with Gasteiger partial charge in [0.25, 0.3) is 0 Å². The summed E-state index contributed by atoms with van der Waals surface area (Å²) in [5.41, 5.74) is 8.37. The van der Waals surface area contributed by atoms with Gasteiger partial charge in [0, 0.05) is 18.2 Å². The molecule has 0 aliphatic heterocycles. The first kappa shape index (κ1) is 11.1. The summed E-state index contributed by atoms with van der Waals surface area (Å²) in [6.07, 6.45) is 0. The summed E-state index contributed by atoms with van der Waals surface area (Å²) < 4.78 is 0. The number of carbonyl (C=O) groups excluding carboxylic acids is 1. The lowest BCUT2D eigenvalue weighted by Crippen LogP contribution is -2.19. The fourth-order valence-corrected chi connectivity index (χ4v) is 1.07. The van der Waals surface area contributed by atoms with Crippen LogP contribution in [0, 0.1) is 18.8 Å². The summed E-state index contributed by atoms with van der Waals surface area (Å²) in [7, 11) is 0. The van der Waals surface area contributed by atoms with E-state index in [0.717, 1.165) is 16.8 Å². The van der Waals surface area contributed by atoms with Crippen molar-refractivity contribution in [2.45, 2.75) is 13.8 Å². The predicted molar refractivity (Wildman–Crippen MR) is 61.2 cm³/mol. The standard InChI is InChI=1S/C12H14N2O/c1-9-8-11(5-6-12(9)13)4-3-7-14-10(2)15/h5-6,8H,7,13H2,1-2H3,(H,14,15). The summed E-state index contributed by atoms with van der Waals surface area (Å²) in [5, 5.41) is 2.60. The highest BCUT2D eigenvalue weighted by Crippen LogP contribution is 2.11. The van der Waals surface area contributed by atoms with Gasteiger partial charge < -0.3 is 11.1 Å². The molecule has 0 heterocycles. The minimum atomic E-state index is -0.0715. The third-order valence-corrected chi connectivity index (χ3v) is 1.93. The van der Waals surface area contributed by atoms with Crippen LogP contribution in [0.4, 0.5) is 5.69 Å². The highest BCUT2D eigenvalue weighted by Gasteiger charge is 1.93. The van der Waals surface area contributed by atoms with Gasteiger partial charge in [0.2, 0.25) is 5.91 Å². The Morgan fingerprint density at radius 3 is 2.87 bits per heavy atom. The van der Waals surface area contributed by atoms with E-state index in [2.05, 4.69) is 17.2 Å². The number of benzene rings is 1. The van der Waals surface area contributed by atoms with Crippen LogP contribution in [-0.4, -0.2) is 12.5 Å². The Labute approximate surface area is 89.7 Å². The Kier molecular flexibility index (Phi) is 3.75. The number of amides is 1. The number of anilines is 1. The zero-order valence-electron chi connectivity index (χ0n) is 8.92. The van der Waals surface area contributed by atoms with Crippen LogP contribution in [0.1, 0.15) is 18.1 Å². The molecular formula is C12H14N2O. The van der Waals surface area contributed by atoms with Gasteiger partial charge in [-0.1, -0.05) is 11.8 Å². The molecule has 1 aromatic rings. The van der Waals surface area contributed by atoms with E-state index in [0.29, 0.717) is 6.54 Å². The molecule has 0 bridgehead atoms. The van der Waals surface area contributed by atoms with Gasteiger partial charge in [0.1, 0.15) is 0 Å². The Balaban J connectivity index is 2.64. The molecule has 3 nitrogen and oxygen atoms in total. The number of aryl methyl sites for hydroxylation is 1. The van der Waals surface area contributed by atoms with E-state index in [-0.39, 0.29) is 5.91 Å². The Bertz CT molecular complexity index is 427. The molecule has 0 fully saturated rings. The third-order valence-electron chi connectivity index (χ3n) is 1.93. The number of hydrogen-bond donors (Lipinski definition) is 2. The van der Waals surface area contributed by atoms with E-state index in [1.165, 1.54) is 6.92 Å². The summed E-state index contributed by atoms with van der Waals surface area (Å²) in [6, 6.07) is 5.62. The lowest BCUT2D eigenvalue weighted by Gasteiger charge is -1.98. The Morgan fingerprint density at radius 2 is 2.27 bits per heavy atom. The van der Waals surface area contributed by atoms with E-state index >= 15 is 0 Å². The van der Waals surface area contributed by atoms with E-state index in [9.17, 15) is 4.79 Å². The summed E-state index contributed by atoms with van der Waals surface area (Å²) in [5.74, 6) is 5.73. The largest absolute Gasteiger partial charge is 0.399 e. The molecule has 0 saturated heterocycles. The molecular weight excluding hydrogens is 188 g/mol. The van der Waals surface area contributed by atoms with Crippen LogP contribution in [0.3, 0.4) is 0 Å². The predicted octanol–water partition coefficient (Wildman–Crippen LogP) is 1.06. The van der Waals surface area contributed by atoms with Crippen LogP contribution < -0.4 is 11.1 Å². The van der Waals surface area contributed by atoms with Gasteiger partial charge in [-0.25, -0.2) is 0 Å². The molecule has 3 N–H and O–H groups in total. The van der Waals surface area contributed by atoms with Gasteiger partial charge in [-0.15, -0.1) is 0 Å². The van der Waals surface area contributed by atoms with Crippen molar-refractivity contribution >= 4 is 11.6 Å². The number of hydrogen-bond acceptors (Lipinski definition) is 2. The summed E-state index contributed by atoms with van der Waals surface area (Å²) >= 11 is 0. The lowest BCUT2D eigenvalue weighted by atomic mass is 10.1. The summed E-state index contributed by atoms with van der Waals surface area (Å²) in [4.78, 5) is 10.6. The minimum absolute atomic E-state index is 0.0715. The molecule has 0 atom stereocenters. The average Bonchev–Trinajstić information content (AvgIpc) is 2.18. The summed E-state index contributed by atoms with van der Waals surface area (Å²) in [6.45, 7) is 3.78. The van der Waals surface area contributed by atoms with Gasteiger partial charge in [-0.2, -0.15) is 0 Å². The van der Waals surface area contributed by atoms with Crippen molar-refractivity contribution in [2.24, 2.45) is 0 Å². The van der Waals surface area contributed by atoms with Crippen molar-refractivity contribution in [1.82, 2.24) is 5.32 Å². The molecule has 0 saturated carbocycles. The van der Waals surface area contributed by atoms with Crippen LogP contribution in [-0.2, 0) is 4.79 Å². The Hall–Kier alpha value is -1.95.